The van der Waals surface area contributed by atoms with Crippen LogP contribution in [0, 0.1) is 0 Å². The second-order valence-corrected chi connectivity index (χ2v) is 10.5. The van der Waals surface area contributed by atoms with E-state index in [0.29, 0.717) is 34.5 Å². The number of hydrogen-bond acceptors (Lipinski definition) is 6. The molecule has 5 rings (SSSR count). The fourth-order valence-corrected chi connectivity index (χ4v) is 6.41. The predicted octanol–water partition coefficient (Wildman–Crippen LogP) is 5.91. The highest BCUT2D eigenvalue weighted by Crippen LogP contribution is 2.51. The molecule has 7 nitrogen and oxygen atoms in total. The zero-order valence-electron chi connectivity index (χ0n) is 21.6. The molecule has 0 saturated carbocycles. The summed E-state index contributed by atoms with van der Waals surface area (Å²) in [6.07, 6.45) is 4.27. The number of hydrogen-bond donors (Lipinski definition) is 1. The van der Waals surface area contributed by atoms with Gasteiger partial charge in [-0.15, -0.1) is 0 Å². The fraction of sp³-hybridized carbons (Fsp3) is 0.367. The van der Waals surface area contributed by atoms with Gasteiger partial charge in [0, 0.05) is 53.5 Å². The second kappa shape index (κ2) is 11.2. The predicted molar refractivity (Wildman–Crippen MR) is 148 cm³/mol. The first-order valence-electron chi connectivity index (χ1n) is 13.1. The number of nitrogens with zero attached hydrogens (tertiary/aromatic N) is 1. The van der Waals surface area contributed by atoms with Gasteiger partial charge in [-0.25, -0.2) is 0 Å². The maximum Gasteiger partial charge on any atom is 0.262 e. The first-order valence-corrected chi connectivity index (χ1v) is 13.9. The van der Waals surface area contributed by atoms with Crippen molar-refractivity contribution in [2.75, 3.05) is 25.6 Å². The van der Waals surface area contributed by atoms with Crippen LogP contribution >= 0.6 is 15.9 Å². The van der Waals surface area contributed by atoms with Crippen LogP contribution in [0.25, 0.3) is 0 Å². The highest BCUT2D eigenvalue weighted by Gasteiger charge is 2.43. The Bertz CT molecular complexity index is 1300. The maximum absolute atomic E-state index is 13.4. The minimum absolute atomic E-state index is 0.104. The molecule has 1 amide bonds. The first kappa shape index (κ1) is 26.2. The van der Waals surface area contributed by atoms with Crippen LogP contribution in [0.4, 0.5) is 5.69 Å². The standard InChI is InChI=1S/C30H31BrN2O5/c1-3-33-21-11-7-13-23(34)28(21)27(29-22(33)12-8-14-24(29)35)18-15-20(31)30(25(16-18)37-2)38-17-26(36)32-19-9-5-4-6-10-19/h4-6,9-10,15-16,27H,3,7-8,11-14,17H2,1-2H3,(H,32,36). The largest absolute Gasteiger partial charge is 0.493 e. The molecule has 0 fully saturated rings. The molecule has 1 N–H and O–H groups in total. The van der Waals surface area contributed by atoms with Crippen LogP contribution in [0.1, 0.15) is 56.9 Å². The fourth-order valence-electron chi connectivity index (χ4n) is 5.83. The van der Waals surface area contributed by atoms with Crippen molar-refractivity contribution in [2.45, 2.75) is 51.4 Å². The molecule has 3 aliphatic rings. The minimum Gasteiger partial charge on any atom is -0.493 e. The molecule has 1 heterocycles. The monoisotopic (exact) mass is 578 g/mol. The van der Waals surface area contributed by atoms with Crippen LogP contribution in [-0.4, -0.2) is 42.6 Å². The van der Waals surface area contributed by atoms with Gasteiger partial charge in [0.2, 0.25) is 0 Å². The van der Waals surface area contributed by atoms with E-state index in [1.807, 2.05) is 30.3 Å². The van der Waals surface area contributed by atoms with E-state index in [0.717, 1.165) is 60.3 Å². The van der Waals surface area contributed by atoms with E-state index in [1.54, 1.807) is 12.1 Å². The number of anilines is 1. The molecule has 0 radical (unpaired) electrons. The zero-order chi connectivity index (χ0) is 26.8. The van der Waals surface area contributed by atoms with Crippen LogP contribution in [0.15, 0.2) is 69.5 Å². The number of benzene rings is 2. The lowest BCUT2D eigenvalue weighted by Gasteiger charge is -2.43. The summed E-state index contributed by atoms with van der Waals surface area (Å²) in [7, 11) is 1.54. The Balaban J connectivity index is 1.51. The molecule has 0 atom stereocenters. The number of methoxy groups -OCH3 is 1. The third kappa shape index (κ3) is 4.89. The average molecular weight is 579 g/mol. The zero-order valence-corrected chi connectivity index (χ0v) is 23.2. The van der Waals surface area contributed by atoms with E-state index in [4.69, 9.17) is 9.47 Å². The highest BCUT2D eigenvalue weighted by atomic mass is 79.9. The molecule has 1 aliphatic heterocycles. The summed E-state index contributed by atoms with van der Waals surface area (Å²) < 4.78 is 12.1. The number of nitrogens with one attached hydrogen (secondary N) is 1. The van der Waals surface area contributed by atoms with Crippen LogP contribution in [-0.2, 0) is 14.4 Å². The number of ether oxygens (including phenoxy) is 2. The summed E-state index contributed by atoms with van der Waals surface area (Å²) in [6, 6.07) is 12.9. The molecule has 8 heteroatoms. The third-order valence-electron chi connectivity index (χ3n) is 7.39. The van der Waals surface area contributed by atoms with E-state index in [1.165, 1.54) is 7.11 Å². The Labute approximate surface area is 231 Å². The molecule has 2 aromatic rings. The van der Waals surface area contributed by atoms with Gasteiger partial charge < -0.3 is 19.7 Å². The Kier molecular flexibility index (Phi) is 7.70. The van der Waals surface area contributed by atoms with Crippen molar-refractivity contribution in [1.29, 1.82) is 0 Å². The van der Waals surface area contributed by atoms with Gasteiger partial charge >= 0.3 is 0 Å². The smallest absolute Gasteiger partial charge is 0.262 e. The van der Waals surface area contributed by atoms with Crippen molar-refractivity contribution in [3.8, 4) is 11.5 Å². The number of Topliss-reactive ketones (excluding diaryl/α,β-unsaturated/α-hetero) is 2. The number of allylic oxidation sites excluding steroid dienone is 4. The summed E-state index contributed by atoms with van der Waals surface area (Å²) in [5.41, 5.74) is 5.05. The number of amides is 1. The lowest BCUT2D eigenvalue weighted by atomic mass is 9.71. The Morgan fingerprint density at radius 1 is 1.00 bits per heavy atom. The Hall–Kier alpha value is -3.39. The molecule has 0 saturated heterocycles. The number of para-hydroxylation sites is 1. The third-order valence-corrected chi connectivity index (χ3v) is 7.98. The minimum atomic E-state index is -0.441. The van der Waals surface area contributed by atoms with Crippen molar-refractivity contribution < 1.29 is 23.9 Å². The van der Waals surface area contributed by atoms with Gasteiger partial charge in [-0.1, -0.05) is 18.2 Å². The molecule has 2 aliphatic carbocycles. The number of carbonyl (C=O) groups excluding carboxylic acids is 3. The summed E-state index contributed by atoms with van der Waals surface area (Å²) in [4.78, 5) is 41.4. The molecular formula is C30H31BrN2O5. The number of rotatable bonds is 7. The van der Waals surface area contributed by atoms with Crippen LogP contribution < -0.4 is 14.8 Å². The van der Waals surface area contributed by atoms with Crippen molar-refractivity contribution >= 4 is 39.1 Å². The van der Waals surface area contributed by atoms with E-state index < -0.39 is 5.92 Å². The molecule has 0 aromatic heterocycles. The Morgan fingerprint density at radius 2 is 1.63 bits per heavy atom. The molecule has 2 aromatic carbocycles. The van der Waals surface area contributed by atoms with E-state index in [2.05, 4.69) is 33.1 Å². The maximum atomic E-state index is 13.4. The van der Waals surface area contributed by atoms with Crippen molar-refractivity contribution in [2.24, 2.45) is 0 Å². The van der Waals surface area contributed by atoms with Crippen LogP contribution in [0.2, 0.25) is 0 Å². The number of halogens is 1. The Morgan fingerprint density at radius 3 is 2.21 bits per heavy atom. The van der Waals surface area contributed by atoms with Gasteiger partial charge in [-0.3, -0.25) is 14.4 Å². The van der Waals surface area contributed by atoms with Crippen LogP contribution in [0.5, 0.6) is 11.5 Å². The number of carbonyl (C=O) groups is 3. The van der Waals surface area contributed by atoms with Crippen molar-refractivity contribution in [1.82, 2.24) is 4.90 Å². The highest BCUT2D eigenvalue weighted by molar-refractivity contribution is 9.10. The molecule has 198 valence electrons. The summed E-state index contributed by atoms with van der Waals surface area (Å²) in [5, 5.41) is 2.80. The second-order valence-electron chi connectivity index (χ2n) is 9.69. The van der Waals surface area contributed by atoms with E-state index >= 15 is 0 Å². The molecule has 0 unspecified atom stereocenters. The number of ketones is 2. The van der Waals surface area contributed by atoms with E-state index in [-0.39, 0.29) is 24.1 Å². The lowest BCUT2D eigenvalue weighted by Crippen LogP contribution is -2.39. The molecule has 0 spiro atoms. The van der Waals surface area contributed by atoms with Crippen molar-refractivity contribution in [3.05, 3.63) is 75.0 Å². The van der Waals surface area contributed by atoms with Crippen LogP contribution in [0.3, 0.4) is 0 Å². The first-order chi connectivity index (χ1) is 18.4. The lowest BCUT2D eigenvalue weighted by molar-refractivity contribution is -0.118. The summed E-state index contributed by atoms with van der Waals surface area (Å²) in [6.45, 7) is 2.60. The van der Waals surface area contributed by atoms with Gasteiger partial charge in [0.05, 0.1) is 11.6 Å². The SMILES string of the molecule is CCN1C2=C(C(=O)CCC2)C(c2cc(Br)c(OCC(=O)Nc3ccccc3)c(OC)c2)C2=C1CCCC2=O. The van der Waals surface area contributed by atoms with Crippen molar-refractivity contribution in [3.63, 3.8) is 0 Å². The average Bonchev–Trinajstić information content (AvgIpc) is 2.91. The molecular weight excluding hydrogens is 548 g/mol. The van der Waals surface area contributed by atoms with Gasteiger partial charge in [-0.2, -0.15) is 0 Å². The van der Waals surface area contributed by atoms with Gasteiger partial charge in [-0.05, 0) is 78.4 Å². The molecule has 38 heavy (non-hydrogen) atoms. The van der Waals surface area contributed by atoms with Gasteiger partial charge in [0.1, 0.15) is 0 Å². The topological polar surface area (TPSA) is 84.9 Å². The molecule has 0 bridgehead atoms. The summed E-state index contributed by atoms with van der Waals surface area (Å²) in [5.74, 6) is 0.282. The van der Waals surface area contributed by atoms with E-state index in [9.17, 15) is 14.4 Å². The van der Waals surface area contributed by atoms with Gasteiger partial charge in [0.15, 0.2) is 29.7 Å². The normalized spacial score (nSPS) is 17.8. The van der Waals surface area contributed by atoms with Gasteiger partial charge in [0.25, 0.3) is 5.91 Å². The summed E-state index contributed by atoms with van der Waals surface area (Å²) >= 11 is 3.61. The quantitative estimate of drug-likeness (QED) is 0.439.